The Bertz CT molecular complexity index is 1300. The van der Waals surface area contributed by atoms with E-state index < -0.39 is 5.97 Å². The van der Waals surface area contributed by atoms with Crippen LogP contribution >= 0.6 is 0 Å². The lowest BCUT2D eigenvalue weighted by Crippen LogP contribution is -2.50. The molecule has 3 heterocycles. The molecule has 9 heteroatoms. The third-order valence-corrected chi connectivity index (χ3v) is 7.33. The number of ether oxygens (including phenoxy) is 2. The minimum Gasteiger partial charge on any atom is -0.478 e. The molecule has 3 aromatic rings. The van der Waals surface area contributed by atoms with Crippen molar-refractivity contribution in [3.63, 3.8) is 0 Å². The van der Waals surface area contributed by atoms with Crippen LogP contribution in [0, 0.1) is 6.92 Å². The topological polar surface area (TPSA) is 94.6 Å². The molecule has 41 heavy (non-hydrogen) atoms. The number of aldehydes is 1. The number of carbonyl (C=O) groups is 2. The second kappa shape index (κ2) is 14.6. The molecule has 1 unspecified atom stereocenters. The number of likely N-dealkylation sites (N-methyl/N-ethyl adjacent to an activating group) is 2. The Balaban J connectivity index is 0.000000171. The van der Waals surface area contributed by atoms with E-state index in [1.807, 2.05) is 50.4 Å². The predicted molar refractivity (Wildman–Crippen MR) is 162 cm³/mol. The first-order chi connectivity index (χ1) is 19.8. The normalized spacial score (nSPS) is 17.9. The smallest absolute Gasteiger partial charge is 0.335 e. The number of rotatable bonds is 6. The van der Waals surface area contributed by atoms with Crippen LogP contribution in [0.4, 0.5) is 11.4 Å². The van der Waals surface area contributed by atoms with Crippen molar-refractivity contribution in [1.29, 1.82) is 0 Å². The number of carbonyl (C=O) groups excluding carboxylic acids is 1. The van der Waals surface area contributed by atoms with E-state index in [2.05, 4.69) is 27.1 Å². The second-order valence-corrected chi connectivity index (χ2v) is 10.4. The van der Waals surface area contributed by atoms with Crippen LogP contribution in [0.25, 0.3) is 0 Å². The first-order valence-electron chi connectivity index (χ1n) is 14.0. The molecule has 0 saturated carbocycles. The van der Waals surface area contributed by atoms with Gasteiger partial charge < -0.3 is 29.7 Å². The van der Waals surface area contributed by atoms with Gasteiger partial charge >= 0.3 is 5.97 Å². The van der Waals surface area contributed by atoms with Crippen LogP contribution in [-0.2, 0) is 4.74 Å². The van der Waals surface area contributed by atoms with Gasteiger partial charge in [-0.25, -0.2) is 4.79 Å². The summed E-state index contributed by atoms with van der Waals surface area (Å²) in [6.45, 7) is 9.30. The van der Waals surface area contributed by atoms with Crippen molar-refractivity contribution in [1.82, 2.24) is 9.80 Å². The highest BCUT2D eigenvalue weighted by molar-refractivity contribution is 5.91. The molecule has 3 aliphatic heterocycles. The van der Waals surface area contributed by atoms with Crippen molar-refractivity contribution in [3.8, 4) is 11.5 Å². The molecule has 3 aromatic carbocycles. The zero-order chi connectivity index (χ0) is 29.2. The highest BCUT2D eigenvalue weighted by atomic mass is 16.5. The number of carboxylic acids is 1. The third kappa shape index (κ3) is 8.53. The van der Waals surface area contributed by atoms with Crippen LogP contribution in [0.2, 0.25) is 0 Å². The van der Waals surface area contributed by atoms with Crippen LogP contribution in [-0.4, -0.2) is 93.4 Å². The lowest BCUT2D eigenvalue weighted by molar-refractivity contribution is 0.0367. The Morgan fingerprint density at radius 2 is 1.73 bits per heavy atom. The number of aryl methyl sites for hydroxylation is 1. The summed E-state index contributed by atoms with van der Waals surface area (Å²) in [5.74, 6) is 0.609. The molecule has 218 valence electrons. The van der Waals surface area contributed by atoms with Crippen LogP contribution < -0.4 is 15.0 Å². The van der Waals surface area contributed by atoms with Crippen LogP contribution in [0.5, 0.6) is 11.5 Å². The zero-order valence-corrected chi connectivity index (χ0v) is 24.1. The van der Waals surface area contributed by atoms with Gasteiger partial charge in [0, 0.05) is 58.5 Å². The maximum Gasteiger partial charge on any atom is 0.335 e. The molecule has 0 aliphatic carbocycles. The Kier molecular flexibility index (Phi) is 10.7. The van der Waals surface area contributed by atoms with E-state index in [1.165, 1.54) is 6.42 Å². The zero-order valence-electron chi connectivity index (χ0n) is 24.1. The van der Waals surface area contributed by atoms with Crippen LogP contribution in [0.1, 0.15) is 32.7 Å². The summed E-state index contributed by atoms with van der Waals surface area (Å²) in [6, 6.07) is 20.1. The van der Waals surface area contributed by atoms with Gasteiger partial charge in [-0.05, 0) is 62.4 Å². The number of para-hydroxylation sites is 1. The SMILES string of the molecule is C1COC1.CN1CCN(CC2Nc3ccc(C(=O)O)cc3N2C)CC1.Cc1ccccc1Oc1cccc(C=O)c1. The molecule has 0 amide bonds. The largest absolute Gasteiger partial charge is 0.478 e. The maximum atomic E-state index is 11.1. The molecule has 2 N–H and O–H groups in total. The number of piperazine rings is 1. The Morgan fingerprint density at radius 3 is 2.37 bits per heavy atom. The minimum absolute atomic E-state index is 0.201. The summed E-state index contributed by atoms with van der Waals surface area (Å²) in [5, 5.41) is 12.6. The van der Waals surface area contributed by atoms with E-state index in [-0.39, 0.29) is 6.17 Å². The average Bonchev–Trinajstić information content (AvgIpc) is 3.25. The number of nitrogens with one attached hydrogen (secondary N) is 1. The van der Waals surface area contributed by atoms with Gasteiger partial charge in [-0.2, -0.15) is 0 Å². The van der Waals surface area contributed by atoms with E-state index in [4.69, 9.17) is 14.6 Å². The average molecular weight is 561 g/mol. The van der Waals surface area contributed by atoms with Gasteiger partial charge in [-0.1, -0.05) is 30.3 Å². The van der Waals surface area contributed by atoms with E-state index >= 15 is 0 Å². The van der Waals surface area contributed by atoms with Crippen molar-refractivity contribution in [3.05, 3.63) is 83.4 Å². The van der Waals surface area contributed by atoms with Gasteiger partial charge in [0.1, 0.15) is 24.0 Å². The van der Waals surface area contributed by atoms with Gasteiger partial charge in [0.2, 0.25) is 0 Å². The summed E-state index contributed by atoms with van der Waals surface area (Å²) >= 11 is 0. The Labute approximate surface area is 242 Å². The lowest BCUT2D eigenvalue weighted by Gasteiger charge is -2.35. The molecule has 3 aliphatic rings. The Morgan fingerprint density at radius 1 is 1.02 bits per heavy atom. The van der Waals surface area contributed by atoms with E-state index in [0.717, 1.165) is 74.9 Å². The highest BCUT2D eigenvalue weighted by Crippen LogP contribution is 2.34. The molecule has 6 rings (SSSR count). The first-order valence-corrected chi connectivity index (χ1v) is 14.0. The van der Waals surface area contributed by atoms with E-state index in [9.17, 15) is 9.59 Å². The number of fused-ring (bicyclic) bond motifs is 1. The third-order valence-electron chi connectivity index (χ3n) is 7.33. The van der Waals surface area contributed by atoms with E-state index in [0.29, 0.717) is 16.9 Å². The molecule has 2 fully saturated rings. The summed E-state index contributed by atoms with van der Waals surface area (Å²) in [6.07, 6.45) is 2.29. The number of benzene rings is 3. The second-order valence-electron chi connectivity index (χ2n) is 10.4. The van der Waals surface area contributed by atoms with Crippen molar-refractivity contribution in [2.45, 2.75) is 19.5 Å². The summed E-state index contributed by atoms with van der Waals surface area (Å²) < 4.78 is 10.4. The lowest BCUT2D eigenvalue weighted by atomic mass is 10.2. The summed E-state index contributed by atoms with van der Waals surface area (Å²) in [7, 11) is 4.17. The highest BCUT2D eigenvalue weighted by Gasteiger charge is 2.29. The van der Waals surface area contributed by atoms with E-state index in [1.54, 1.807) is 30.3 Å². The standard InChI is InChI=1S/C15H22N4O2.C14H12O2.C3H6O/c1-17-5-7-19(8-6-17)10-14-16-12-4-3-11(15(20)21)9-13(12)18(14)2;1-11-5-2-3-8-14(11)16-13-7-4-6-12(9-13)10-15;1-2-4-3-1/h3-4,9,14,16H,5-8,10H2,1-2H3,(H,20,21);2-10H,1H3;1-3H2. The minimum atomic E-state index is -0.881. The van der Waals surface area contributed by atoms with Crippen LogP contribution in [0.3, 0.4) is 0 Å². The fourth-order valence-corrected chi connectivity index (χ4v) is 4.56. The van der Waals surface area contributed by atoms with Gasteiger partial charge in [-0.15, -0.1) is 0 Å². The first kappa shape index (κ1) is 30.0. The molecule has 9 nitrogen and oxygen atoms in total. The summed E-state index contributed by atoms with van der Waals surface area (Å²) in [4.78, 5) is 28.6. The molecule has 0 radical (unpaired) electrons. The fourth-order valence-electron chi connectivity index (χ4n) is 4.56. The number of hydrogen-bond acceptors (Lipinski definition) is 8. The van der Waals surface area contributed by atoms with Crippen molar-refractivity contribution < 1.29 is 24.2 Å². The molecular weight excluding hydrogens is 520 g/mol. The summed E-state index contributed by atoms with van der Waals surface area (Å²) in [5.41, 5.74) is 4.00. The number of carboxylic acid groups (broad SMARTS) is 1. The number of nitrogens with zero attached hydrogens (tertiary/aromatic N) is 3. The molecular formula is C32H40N4O5. The molecule has 1 atom stereocenters. The van der Waals surface area contributed by atoms with Crippen molar-refractivity contribution in [2.75, 3.05) is 70.2 Å². The quantitative estimate of drug-likeness (QED) is 0.411. The molecule has 0 bridgehead atoms. The Hall–Kier alpha value is -3.92. The van der Waals surface area contributed by atoms with Crippen molar-refractivity contribution in [2.24, 2.45) is 0 Å². The maximum absolute atomic E-state index is 11.1. The van der Waals surface area contributed by atoms with Gasteiger partial charge in [0.05, 0.1) is 16.9 Å². The number of anilines is 2. The van der Waals surface area contributed by atoms with Gasteiger partial charge in [0.25, 0.3) is 0 Å². The predicted octanol–water partition coefficient (Wildman–Crippen LogP) is 4.83. The van der Waals surface area contributed by atoms with Gasteiger partial charge in [0.15, 0.2) is 0 Å². The monoisotopic (exact) mass is 560 g/mol. The van der Waals surface area contributed by atoms with Gasteiger partial charge in [-0.3, -0.25) is 9.69 Å². The van der Waals surface area contributed by atoms with Crippen LogP contribution in [0.15, 0.2) is 66.7 Å². The number of aromatic carboxylic acids is 1. The molecule has 2 saturated heterocycles. The fraction of sp³-hybridized carbons (Fsp3) is 0.375. The number of hydrogen-bond donors (Lipinski definition) is 2. The van der Waals surface area contributed by atoms with Crippen molar-refractivity contribution >= 4 is 23.6 Å². The molecule has 0 spiro atoms. The molecule has 0 aromatic heterocycles.